The Balaban J connectivity index is 1.44. The van der Waals surface area contributed by atoms with Gasteiger partial charge in [-0.15, -0.1) is 0 Å². The summed E-state index contributed by atoms with van der Waals surface area (Å²) >= 11 is 5.89. The highest BCUT2D eigenvalue weighted by Crippen LogP contribution is 2.34. The third-order valence-electron chi connectivity index (χ3n) is 4.90. The van der Waals surface area contributed by atoms with Gasteiger partial charge in [-0.1, -0.05) is 23.7 Å². The molecule has 7 nitrogen and oxygen atoms in total. The fraction of sp³-hybridized carbons (Fsp3) is 0.333. The van der Waals surface area contributed by atoms with Crippen LogP contribution in [0.15, 0.2) is 36.4 Å². The number of fused-ring (bicyclic) bond motifs is 1. The van der Waals surface area contributed by atoms with E-state index in [1.807, 2.05) is 24.3 Å². The number of para-hydroxylation sites is 2. The van der Waals surface area contributed by atoms with Crippen LogP contribution in [-0.2, 0) is 0 Å². The summed E-state index contributed by atoms with van der Waals surface area (Å²) in [5.41, 5.74) is 2.00. The fourth-order valence-corrected chi connectivity index (χ4v) is 3.70. The van der Waals surface area contributed by atoms with Crippen molar-refractivity contribution < 1.29 is 4.92 Å². The second-order valence-electron chi connectivity index (χ2n) is 6.59. The van der Waals surface area contributed by atoms with E-state index in [2.05, 4.69) is 15.3 Å². The van der Waals surface area contributed by atoms with Crippen LogP contribution in [0.3, 0.4) is 0 Å². The van der Waals surface area contributed by atoms with Crippen LogP contribution in [0.1, 0.15) is 37.4 Å². The molecule has 3 aromatic rings. The molecular weight excluding hydrogens is 354 g/mol. The van der Waals surface area contributed by atoms with E-state index < -0.39 is 4.92 Å². The average molecular weight is 372 g/mol. The van der Waals surface area contributed by atoms with E-state index in [1.165, 1.54) is 12.1 Å². The maximum atomic E-state index is 11.2. The molecule has 4 rings (SSSR count). The van der Waals surface area contributed by atoms with Gasteiger partial charge in [0.25, 0.3) is 0 Å². The molecule has 134 valence electrons. The summed E-state index contributed by atoms with van der Waals surface area (Å²) in [4.78, 5) is 22.9. The monoisotopic (exact) mass is 371 g/mol. The van der Waals surface area contributed by atoms with Crippen molar-refractivity contribution in [3.63, 3.8) is 0 Å². The van der Waals surface area contributed by atoms with E-state index in [0.717, 1.165) is 42.5 Å². The molecule has 1 fully saturated rings. The molecule has 2 heterocycles. The minimum Gasteiger partial charge on any atom is -0.362 e. The van der Waals surface area contributed by atoms with Crippen LogP contribution >= 0.6 is 11.6 Å². The van der Waals surface area contributed by atoms with Crippen LogP contribution < -0.4 is 5.32 Å². The van der Waals surface area contributed by atoms with Crippen LogP contribution in [0.2, 0.25) is 5.15 Å². The summed E-state index contributed by atoms with van der Waals surface area (Å²) in [6.45, 7) is 0. The van der Waals surface area contributed by atoms with Crippen LogP contribution in [0, 0.1) is 10.1 Å². The van der Waals surface area contributed by atoms with Gasteiger partial charge in [-0.25, -0.2) is 9.97 Å². The number of benzene rings is 1. The van der Waals surface area contributed by atoms with Gasteiger partial charge >= 0.3 is 5.69 Å². The third kappa shape index (κ3) is 3.35. The highest BCUT2D eigenvalue weighted by Gasteiger charge is 2.26. The van der Waals surface area contributed by atoms with Gasteiger partial charge in [-0.2, -0.15) is 0 Å². The number of nitrogens with one attached hydrogen (secondary N) is 2. The maximum absolute atomic E-state index is 11.2. The van der Waals surface area contributed by atoms with Gasteiger partial charge in [0.1, 0.15) is 11.0 Å². The van der Waals surface area contributed by atoms with Crippen LogP contribution in [0.25, 0.3) is 11.0 Å². The summed E-state index contributed by atoms with van der Waals surface area (Å²) < 4.78 is 0. The highest BCUT2D eigenvalue weighted by atomic mass is 35.5. The number of anilines is 1. The Hall–Kier alpha value is -2.67. The van der Waals surface area contributed by atoms with Gasteiger partial charge in [0.05, 0.1) is 16.0 Å². The Morgan fingerprint density at radius 2 is 1.88 bits per heavy atom. The lowest BCUT2D eigenvalue weighted by molar-refractivity contribution is -0.384. The van der Waals surface area contributed by atoms with E-state index >= 15 is 0 Å². The molecule has 0 spiro atoms. The number of rotatable bonds is 4. The molecule has 0 atom stereocenters. The van der Waals surface area contributed by atoms with Gasteiger partial charge in [0.15, 0.2) is 0 Å². The maximum Gasteiger partial charge on any atom is 0.311 e. The quantitative estimate of drug-likeness (QED) is 0.395. The van der Waals surface area contributed by atoms with Crippen molar-refractivity contribution in [1.29, 1.82) is 0 Å². The zero-order valence-electron chi connectivity index (χ0n) is 14.0. The molecular formula is C18H18ClN5O2. The summed E-state index contributed by atoms with van der Waals surface area (Å²) in [7, 11) is 0. The van der Waals surface area contributed by atoms with E-state index in [-0.39, 0.29) is 22.7 Å². The van der Waals surface area contributed by atoms with Gasteiger partial charge in [0.2, 0.25) is 5.82 Å². The van der Waals surface area contributed by atoms with Gasteiger partial charge in [-0.05, 0) is 43.9 Å². The number of aromatic nitrogens is 3. The van der Waals surface area contributed by atoms with E-state index in [1.54, 1.807) is 0 Å². The Bertz CT molecular complexity index is 917. The number of imidazole rings is 1. The Kier molecular flexibility index (Phi) is 4.46. The van der Waals surface area contributed by atoms with Gasteiger partial charge in [0, 0.05) is 18.0 Å². The summed E-state index contributed by atoms with van der Waals surface area (Å²) in [5.74, 6) is 1.65. The number of hydrogen-bond donors (Lipinski definition) is 2. The minimum atomic E-state index is -0.439. The lowest BCUT2D eigenvalue weighted by Gasteiger charge is -2.28. The Labute approximate surface area is 155 Å². The average Bonchev–Trinajstić information content (AvgIpc) is 3.06. The topological polar surface area (TPSA) is 96.7 Å². The number of halogens is 1. The molecule has 0 amide bonds. The smallest absolute Gasteiger partial charge is 0.311 e. The number of nitro groups is 1. The molecule has 8 heteroatoms. The van der Waals surface area contributed by atoms with Crippen molar-refractivity contribution in [2.24, 2.45) is 0 Å². The van der Waals surface area contributed by atoms with Crippen LogP contribution in [0.4, 0.5) is 11.5 Å². The minimum absolute atomic E-state index is 0.0474. The van der Waals surface area contributed by atoms with Crippen molar-refractivity contribution in [1.82, 2.24) is 15.0 Å². The first kappa shape index (κ1) is 16.8. The predicted molar refractivity (Wildman–Crippen MR) is 101 cm³/mol. The molecule has 2 aromatic heterocycles. The highest BCUT2D eigenvalue weighted by molar-refractivity contribution is 6.29. The number of nitrogens with zero attached hydrogens (tertiary/aromatic N) is 3. The molecule has 0 saturated heterocycles. The molecule has 0 radical (unpaired) electrons. The molecule has 2 N–H and O–H groups in total. The van der Waals surface area contributed by atoms with Crippen molar-refractivity contribution in [2.75, 3.05) is 5.32 Å². The predicted octanol–water partition coefficient (Wildman–Crippen LogP) is 4.66. The standard InChI is InChI=1S/C18H18ClN5O2/c19-16-10-9-15(24(25)26)18(23-16)20-12-7-5-11(6-8-12)17-21-13-3-1-2-4-14(13)22-17/h1-4,9-12H,5-8H2,(H,20,23)(H,21,22). The Morgan fingerprint density at radius 1 is 1.12 bits per heavy atom. The van der Waals surface area contributed by atoms with Gasteiger partial charge in [-0.3, -0.25) is 10.1 Å². The van der Waals surface area contributed by atoms with E-state index in [9.17, 15) is 10.1 Å². The molecule has 26 heavy (non-hydrogen) atoms. The number of pyridine rings is 1. The number of aromatic amines is 1. The summed E-state index contributed by atoms with van der Waals surface area (Å²) in [6, 6.07) is 11.0. The van der Waals surface area contributed by atoms with Crippen LogP contribution in [0.5, 0.6) is 0 Å². The zero-order valence-corrected chi connectivity index (χ0v) is 14.7. The molecule has 0 unspecified atom stereocenters. The number of H-pyrrole nitrogens is 1. The molecule has 0 aliphatic heterocycles. The molecule has 1 aliphatic rings. The molecule has 1 saturated carbocycles. The second kappa shape index (κ2) is 6.92. The van der Waals surface area contributed by atoms with Crippen LogP contribution in [-0.4, -0.2) is 25.9 Å². The summed E-state index contributed by atoms with van der Waals surface area (Å²) in [5, 5.41) is 14.6. The zero-order chi connectivity index (χ0) is 18.1. The first-order valence-corrected chi connectivity index (χ1v) is 9.00. The lowest BCUT2D eigenvalue weighted by atomic mass is 9.85. The lowest BCUT2D eigenvalue weighted by Crippen LogP contribution is -2.26. The first-order valence-electron chi connectivity index (χ1n) is 8.62. The normalized spacial score (nSPS) is 20.2. The second-order valence-corrected chi connectivity index (χ2v) is 6.98. The third-order valence-corrected chi connectivity index (χ3v) is 5.11. The van der Waals surface area contributed by atoms with Crippen molar-refractivity contribution in [3.05, 3.63) is 57.5 Å². The fourth-order valence-electron chi connectivity index (χ4n) is 3.55. The summed E-state index contributed by atoms with van der Waals surface area (Å²) in [6.07, 6.45) is 3.72. The SMILES string of the molecule is O=[N+]([O-])c1ccc(Cl)nc1NC1CCC(c2nc3ccccc3[nH]2)CC1. The van der Waals surface area contributed by atoms with E-state index in [0.29, 0.717) is 5.92 Å². The largest absolute Gasteiger partial charge is 0.362 e. The number of hydrogen-bond acceptors (Lipinski definition) is 5. The molecule has 1 aromatic carbocycles. The van der Waals surface area contributed by atoms with Crippen molar-refractivity contribution >= 4 is 34.1 Å². The first-order chi connectivity index (χ1) is 12.6. The van der Waals surface area contributed by atoms with Gasteiger partial charge < -0.3 is 10.3 Å². The van der Waals surface area contributed by atoms with E-state index in [4.69, 9.17) is 16.6 Å². The van der Waals surface area contributed by atoms with Crippen molar-refractivity contribution in [2.45, 2.75) is 37.6 Å². The Morgan fingerprint density at radius 3 is 2.62 bits per heavy atom. The van der Waals surface area contributed by atoms with Crippen molar-refractivity contribution in [3.8, 4) is 0 Å². The molecule has 0 bridgehead atoms. The molecule has 1 aliphatic carbocycles.